The van der Waals surface area contributed by atoms with Crippen LogP contribution in [0.1, 0.15) is 11.1 Å². The van der Waals surface area contributed by atoms with Crippen molar-refractivity contribution in [1.29, 1.82) is 0 Å². The van der Waals surface area contributed by atoms with E-state index in [1.54, 1.807) is 18.4 Å². The van der Waals surface area contributed by atoms with Crippen molar-refractivity contribution in [2.45, 2.75) is 13.8 Å². The molecule has 0 fully saturated rings. The first kappa shape index (κ1) is 13.7. The predicted octanol–water partition coefficient (Wildman–Crippen LogP) is 4.28. The van der Waals surface area contributed by atoms with Gasteiger partial charge >= 0.3 is 0 Å². The van der Waals surface area contributed by atoms with Crippen LogP contribution in [0.15, 0.2) is 34.2 Å². The molecule has 1 aromatic carbocycles. The van der Waals surface area contributed by atoms with Crippen molar-refractivity contribution in [3.63, 3.8) is 0 Å². The lowest BCUT2D eigenvalue weighted by molar-refractivity contribution is 0.416. The SMILES string of the molecule is COc1csc(-c2noc(N)c2-c2ccc(C)c(C)c2)c1. The first-order valence-corrected chi connectivity index (χ1v) is 7.43. The van der Waals surface area contributed by atoms with E-state index in [0.717, 1.165) is 27.4 Å². The molecule has 4 nitrogen and oxygen atoms in total. The number of hydrogen-bond acceptors (Lipinski definition) is 5. The van der Waals surface area contributed by atoms with E-state index < -0.39 is 0 Å². The Morgan fingerprint density at radius 3 is 2.67 bits per heavy atom. The van der Waals surface area contributed by atoms with E-state index >= 15 is 0 Å². The number of nitrogens with zero attached hydrogens (tertiary/aromatic N) is 1. The van der Waals surface area contributed by atoms with E-state index in [0.29, 0.717) is 5.88 Å². The molecule has 2 aromatic heterocycles. The van der Waals surface area contributed by atoms with E-state index in [9.17, 15) is 0 Å². The van der Waals surface area contributed by atoms with Crippen molar-refractivity contribution in [2.75, 3.05) is 12.8 Å². The van der Waals surface area contributed by atoms with Gasteiger partial charge < -0.3 is 15.0 Å². The molecule has 0 aliphatic rings. The van der Waals surface area contributed by atoms with Crippen molar-refractivity contribution < 1.29 is 9.26 Å². The topological polar surface area (TPSA) is 61.3 Å². The zero-order valence-electron chi connectivity index (χ0n) is 12.1. The van der Waals surface area contributed by atoms with Gasteiger partial charge in [0.25, 0.3) is 0 Å². The van der Waals surface area contributed by atoms with E-state index in [4.69, 9.17) is 15.0 Å². The molecular formula is C16H16N2O2S. The third-order valence-corrected chi connectivity index (χ3v) is 4.47. The summed E-state index contributed by atoms with van der Waals surface area (Å²) in [6, 6.07) is 8.16. The number of ether oxygens (including phenoxy) is 1. The number of anilines is 1. The maximum absolute atomic E-state index is 5.98. The fourth-order valence-corrected chi connectivity index (χ4v) is 3.04. The van der Waals surface area contributed by atoms with Gasteiger partial charge in [-0.2, -0.15) is 0 Å². The van der Waals surface area contributed by atoms with Gasteiger partial charge in [-0.25, -0.2) is 0 Å². The van der Waals surface area contributed by atoms with Crippen LogP contribution in [0.2, 0.25) is 0 Å². The number of methoxy groups -OCH3 is 1. The molecule has 0 aliphatic carbocycles. The van der Waals surface area contributed by atoms with E-state index in [2.05, 4.69) is 31.1 Å². The van der Waals surface area contributed by atoms with Crippen LogP contribution in [0.5, 0.6) is 5.75 Å². The molecule has 0 saturated carbocycles. The van der Waals surface area contributed by atoms with Crippen LogP contribution in [-0.2, 0) is 0 Å². The first-order chi connectivity index (χ1) is 10.1. The standard InChI is InChI=1S/C16H16N2O2S/c1-9-4-5-11(6-10(9)2)14-15(18-20-16(14)17)13-7-12(19-3)8-21-13/h4-8H,17H2,1-3H3. The third-order valence-electron chi connectivity index (χ3n) is 3.56. The summed E-state index contributed by atoms with van der Waals surface area (Å²) in [5.41, 5.74) is 11.0. The highest BCUT2D eigenvalue weighted by molar-refractivity contribution is 7.13. The molecule has 3 rings (SSSR count). The fraction of sp³-hybridized carbons (Fsp3) is 0.188. The second-order valence-electron chi connectivity index (χ2n) is 4.92. The monoisotopic (exact) mass is 300 g/mol. The third kappa shape index (κ3) is 2.40. The normalized spacial score (nSPS) is 10.8. The highest BCUT2D eigenvalue weighted by atomic mass is 32.1. The molecule has 108 valence electrons. The molecule has 3 aromatic rings. The molecule has 0 amide bonds. The number of nitrogen functional groups attached to an aromatic ring is 1. The summed E-state index contributed by atoms with van der Waals surface area (Å²) < 4.78 is 10.4. The number of nitrogens with two attached hydrogens (primary N) is 1. The van der Waals surface area contributed by atoms with Gasteiger partial charge in [-0.1, -0.05) is 23.4 Å². The molecule has 2 N–H and O–H groups in total. The van der Waals surface area contributed by atoms with Gasteiger partial charge in [0.2, 0.25) is 5.88 Å². The van der Waals surface area contributed by atoms with Crippen LogP contribution >= 0.6 is 11.3 Å². The Hall–Kier alpha value is -2.27. The van der Waals surface area contributed by atoms with Crippen LogP contribution in [0.3, 0.4) is 0 Å². The zero-order chi connectivity index (χ0) is 15.0. The largest absolute Gasteiger partial charge is 0.496 e. The van der Waals surface area contributed by atoms with Crippen LogP contribution in [0.25, 0.3) is 21.7 Å². The number of aromatic nitrogens is 1. The number of thiophene rings is 1. The van der Waals surface area contributed by atoms with Gasteiger partial charge in [0.1, 0.15) is 11.4 Å². The molecule has 5 heteroatoms. The molecule has 0 radical (unpaired) electrons. The van der Waals surface area contributed by atoms with Crippen LogP contribution < -0.4 is 10.5 Å². The van der Waals surface area contributed by atoms with Gasteiger partial charge in [0, 0.05) is 11.4 Å². The van der Waals surface area contributed by atoms with Crippen LogP contribution in [0, 0.1) is 13.8 Å². The molecule has 0 atom stereocenters. The lowest BCUT2D eigenvalue weighted by Crippen LogP contribution is -1.89. The van der Waals surface area contributed by atoms with Crippen molar-refractivity contribution in [3.05, 3.63) is 40.8 Å². The minimum atomic E-state index is 0.334. The predicted molar refractivity (Wildman–Crippen MR) is 85.7 cm³/mol. The average Bonchev–Trinajstić information content (AvgIpc) is 3.08. The van der Waals surface area contributed by atoms with E-state index in [-0.39, 0.29) is 0 Å². The van der Waals surface area contributed by atoms with Crippen molar-refractivity contribution >= 4 is 17.2 Å². The Morgan fingerprint density at radius 1 is 1.19 bits per heavy atom. The summed E-state index contributed by atoms with van der Waals surface area (Å²) in [7, 11) is 1.65. The summed E-state index contributed by atoms with van der Waals surface area (Å²) in [4.78, 5) is 0.973. The second kappa shape index (κ2) is 5.26. The first-order valence-electron chi connectivity index (χ1n) is 6.56. The minimum absolute atomic E-state index is 0.334. The summed E-state index contributed by atoms with van der Waals surface area (Å²) in [5, 5.41) is 6.05. The second-order valence-corrected chi connectivity index (χ2v) is 5.83. The average molecular weight is 300 g/mol. The van der Waals surface area contributed by atoms with Gasteiger partial charge in [0.15, 0.2) is 0 Å². The summed E-state index contributed by atoms with van der Waals surface area (Å²) in [6.07, 6.45) is 0. The highest BCUT2D eigenvalue weighted by Crippen LogP contribution is 2.40. The molecular weight excluding hydrogens is 284 g/mol. The number of aryl methyl sites for hydroxylation is 2. The summed E-state index contributed by atoms with van der Waals surface area (Å²) in [6.45, 7) is 4.16. The van der Waals surface area contributed by atoms with Crippen LogP contribution in [0.4, 0.5) is 5.88 Å². The Kier molecular flexibility index (Phi) is 3.43. The van der Waals surface area contributed by atoms with Gasteiger partial charge in [0.05, 0.1) is 17.6 Å². The number of rotatable bonds is 3. The Balaban J connectivity index is 2.14. The Bertz CT molecular complexity index is 789. The van der Waals surface area contributed by atoms with Crippen molar-refractivity contribution in [1.82, 2.24) is 5.16 Å². The number of hydrogen-bond donors (Lipinski definition) is 1. The van der Waals surface area contributed by atoms with Gasteiger partial charge in [-0.15, -0.1) is 11.3 Å². The Labute approximate surface area is 127 Å². The Morgan fingerprint density at radius 2 is 2.00 bits per heavy atom. The molecule has 0 unspecified atom stereocenters. The summed E-state index contributed by atoms with van der Waals surface area (Å²) in [5.74, 6) is 1.14. The summed E-state index contributed by atoms with van der Waals surface area (Å²) >= 11 is 1.55. The van der Waals surface area contributed by atoms with E-state index in [1.165, 1.54) is 11.1 Å². The minimum Gasteiger partial charge on any atom is -0.496 e. The quantitative estimate of drug-likeness (QED) is 0.784. The van der Waals surface area contributed by atoms with Gasteiger partial charge in [-0.3, -0.25) is 0 Å². The maximum Gasteiger partial charge on any atom is 0.230 e. The molecule has 0 bridgehead atoms. The lowest BCUT2D eigenvalue weighted by Gasteiger charge is -2.05. The zero-order valence-corrected chi connectivity index (χ0v) is 13.0. The molecule has 0 saturated heterocycles. The molecule has 0 aliphatic heterocycles. The smallest absolute Gasteiger partial charge is 0.230 e. The van der Waals surface area contributed by atoms with Crippen LogP contribution in [-0.4, -0.2) is 12.3 Å². The highest BCUT2D eigenvalue weighted by Gasteiger charge is 2.19. The van der Waals surface area contributed by atoms with Gasteiger partial charge in [-0.05, 0) is 30.5 Å². The molecule has 2 heterocycles. The van der Waals surface area contributed by atoms with E-state index in [1.807, 2.05) is 17.5 Å². The molecule has 21 heavy (non-hydrogen) atoms. The number of benzene rings is 1. The van der Waals surface area contributed by atoms with Crippen molar-refractivity contribution in [2.24, 2.45) is 0 Å². The lowest BCUT2D eigenvalue weighted by atomic mass is 10.00. The fourth-order valence-electron chi connectivity index (χ4n) is 2.20. The molecule has 0 spiro atoms. The maximum atomic E-state index is 5.98. The van der Waals surface area contributed by atoms with Crippen molar-refractivity contribution in [3.8, 4) is 27.4 Å².